The van der Waals surface area contributed by atoms with Crippen molar-refractivity contribution >= 4 is 10.8 Å². The van der Waals surface area contributed by atoms with Crippen LogP contribution >= 0.6 is 0 Å². The monoisotopic (exact) mass is 280 g/mol. The molecule has 4 nitrogen and oxygen atoms in total. The number of benzene rings is 1. The van der Waals surface area contributed by atoms with Crippen molar-refractivity contribution < 1.29 is 8.95 Å². The first-order valence-electron chi connectivity index (χ1n) is 6.25. The van der Waals surface area contributed by atoms with Crippen LogP contribution in [-0.4, -0.2) is 28.9 Å². The highest BCUT2D eigenvalue weighted by molar-refractivity contribution is 7.84. The first kappa shape index (κ1) is 15.7. The molecule has 0 saturated heterocycles. The molecule has 0 fully saturated rings. The van der Waals surface area contributed by atoms with E-state index in [1.54, 1.807) is 6.26 Å². The minimum Gasteiger partial charge on any atom is -0.479 e. The Bertz CT molecular complexity index is 440. The lowest BCUT2D eigenvalue weighted by Gasteiger charge is -2.09. The van der Waals surface area contributed by atoms with E-state index in [2.05, 4.69) is 5.32 Å². The largest absolute Gasteiger partial charge is 0.479 e. The van der Waals surface area contributed by atoms with E-state index in [-0.39, 0.29) is 11.9 Å². The van der Waals surface area contributed by atoms with Crippen molar-refractivity contribution in [2.24, 2.45) is 0 Å². The number of nitriles is 1. The van der Waals surface area contributed by atoms with Crippen LogP contribution in [-0.2, 0) is 17.3 Å². The van der Waals surface area contributed by atoms with Crippen LogP contribution in [0.4, 0.5) is 0 Å². The molecule has 1 N–H and O–H groups in total. The zero-order valence-electron chi connectivity index (χ0n) is 11.4. The zero-order chi connectivity index (χ0) is 14.1. The molecule has 1 aromatic rings. The molecule has 0 aliphatic carbocycles. The summed E-state index contributed by atoms with van der Waals surface area (Å²) in [5.41, 5.74) is 1.16. The molecule has 2 atom stereocenters. The second kappa shape index (κ2) is 8.68. The molecule has 19 heavy (non-hydrogen) atoms. The van der Waals surface area contributed by atoms with Gasteiger partial charge in [-0.05, 0) is 30.7 Å². The maximum absolute atomic E-state index is 11.2. The summed E-state index contributed by atoms with van der Waals surface area (Å²) in [6, 6.07) is 9.60. The maximum atomic E-state index is 11.2. The molecule has 0 amide bonds. The standard InChI is InChI=1S/C14H20N2O2S/c1-12(19(2)17)7-9-16-11-13-3-5-14(6-4-13)18-10-8-15/h3-6,12,16H,7,9-11H2,1-2H3. The molecule has 0 bridgehead atoms. The molecule has 0 radical (unpaired) electrons. The Morgan fingerprint density at radius 3 is 2.68 bits per heavy atom. The van der Waals surface area contributed by atoms with Crippen molar-refractivity contribution in [2.75, 3.05) is 19.4 Å². The van der Waals surface area contributed by atoms with Crippen LogP contribution in [0.2, 0.25) is 0 Å². The van der Waals surface area contributed by atoms with E-state index < -0.39 is 10.8 Å². The first-order chi connectivity index (χ1) is 9.13. The number of hydrogen-bond donors (Lipinski definition) is 1. The van der Waals surface area contributed by atoms with E-state index in [1.165, 1.54) is 0 Å². The summed E-state index contributed by atoms with van der Waals surface area (Å²) in [6.45, 7) is 3.71. The average Bonchev–Trinajstić information content (AvgIpc) is 2.42. The van der Waals surface area contributed by atoms with E-state index in [0.717, 1.165) is 25.1 Å². The topological polar surface area (TPSA) is 62.1 Å². The van der Waals surface area contributed by atoms with Gasteiger partial charge in [0.05, 0.1) is 0 Å². The van der Waals surface area contributed by atoms with E-state index in [0.29, 0.717) is 5.75 Å². The summed E-state index contributed by atoms with van der Waals surface area (Å²) in [7, 11) is -0.748. The highest BCUT2D eigenvalue weighted by Gasteiger charge is 2.04. The average molecular weight is 280 g/mol. The van der Waals surface area contributed by atoms with Crippen LogP contribution in [0.3, 0.4) is 0 Å². The number of ether oxygens (including phenoxy) is 1. The van der Waals surface area contributed by atoms with E-state index >= 15 is 0 Å². The predicted octanol–water partition coefficient (Wildman–Crippen LogP) is 1.84. The normalized spacial score (nSPS) is 13.5. The molecule has 104 valence electrons. The van der Waals surface area contributed by atoms with Crippen LogP contribution in [0.25, 0.3) is 0 Å². The van der Waals surface area contributed by atoms with Gasteiger partial charge in [-0.15, -0.1) is 0 Å². The zero-order valence-corrected chi connectivity index (χ0v) is 12.2. The van der Waals surface area contributed by atoms with Gasteiger partial charge in [-0.25, -0.2) is 0 Å². The van der Waals surface area contributed by atoms with Gasteiger partial charge in [0.1, 0.15) is 11.8 Å². The molecule has 1 rings (SSSR count). The molecular formula is C14H20N2O2S. The molecule has 0 aliphatic heterocycles. The molecule has 1 aromatic carbocycles. The number of nitrogens with one attached hydrogen (secondary N) is 1. The second-order valence-electron chi connectivity index (χ2n) is 4.37. The maximum Gasteiger partial charge on any atom is 0.174 e. The van der Waals surface area contributed by atoms with Crippen molar-refractivity contribution in [1.29, 1.82) is 5.26 Å². The van der Waals surface area contributed by atoms with Gasteiger partial charge >= 0.3 is 0 Å². The Morgan fingerprint density at radius 1 is 1.42 bits per heavy atom. The Labute approximate surface area is 117 Å². The molecule has 5 heteroatoms. The Hall–Kier alpha value is -1.38. The summed E-state index contributed by atoms with van der Waals surface area (Å²) < 4.78 is 16.4. The Balaban J connectivity index is 2.26. The van der Waals surface area contributed by atoms with Gasteiger partial charge in [0.25, 0.3) is 0 Å². The van der Waals surface area contributed by atoms with Crippen LogP contribution < -0.4 is 10.1 Å². The van der Waals surface area contributed by atoms with Crippen molar-refractivity contribution in [3.8, 4) is 11.8 Å². The fourth-order valence-corrected chi connectivity index (χ4v) is 1.97. The summed E-state index contributed by atoms with van der Waals surface area (Å²) in [5.74, 6) is 0.709. The Morgan fingerprint density at radius 2 is 2.11 bits per heavy atom. The molecule has 2 unspecified atom stereocenters. The molecule has 0 heterocycles. The van der Waals surface area contributed by atoms with Gasteiger partial charge in [0.2, 0.25) is 0 Å². The van der Waals surface area contributed by atoms with Crippen LogP contribution in [0, 0.1) is 11.3 Å². The Kier molecular flexibility index (Phi) is 7.16. The first-order valence-corrected chi connectivity index (χ1v) is 7.87. The SMILES string of the molecule is CC(CCNCc1ccc(OCC#N)cc1)S(C)=O. The van der Waals surface area contributed by atoms with Crippen LogP contribution in [0.5, 0.6) is 5.75 Å². The van der Waals surface area contributed by atoms with Gasteiger partial charge in [-0.3, -0.25) is 4.21 Å². The van der Waals surface area contributed by atoms with E-state index in [4.69, 9.17) is 10.00 Å². The number of rotatable bonds is 8. The highest BCUT2D eigenvalue weighted by atomic mass is 32.2. The van der Waals surface area contributed by atoms with Crippen LogP contribution in [0.1, 0.15) is 18.9 Å². The van der Waals surface area contributed by atoms with Crippen molar-refractivity contribution in [2.45, 2.75) is 25.1 Å². The molecule has 0 spiro atoms. The fraction of sp³-hybridized carbons (Fsp3) is 0.500. The lowest BCUT2D eigenvalue weighted by molar-refractivity contribution is 0.368. The van der Waals surface area contributed by atoms with Gasteiger partial charge in [0, 0.05) is 28.9 Å². The summed E-state index contributed by atoms with van der Waals surface area (Å²) in [4.78, 5) is 0. The molecule has 0 aliphatic rings. The number of nitrogens with zero attached hydrogens (tertiary/aromatic N) is 1. The lowest BCUT2D eigenvalue weighted by atomic mass is 10.2. The van der Waals surface area contributed by atoms with Gasteiger partial charge < -0.3 is 10.1 Å². The molecule has 0 aromatic heterocycles. The molecule has 0 saturated carbocycles. The second-order valence-corrected chi connectivity index (χ2v) is 6.17. The minimum absolute atomic E-state index is 0.0731. The van der Waals surface area contributed by atoms with Gasteiger partial charge in [0.15, 0.2) is 6.61 Å². The van der Waals surface area contributed by atoms with Crippen molar-refractivity contribution in [3.05, 3.63) is 29.8 Å². The fourth-order valence-electron chi connectivity index (χ4n) is 1.52. The van der Waals surface area contributed by atoms with Gasteiger partial charge in [-0.1, -0.05) is 19.1 Å². The highest BCUT2D eigenvalue weighted by Crippen LogP contribution is 2.11. The smallest absolute Gasteiger partial charge is 0.174 e. The number of hydrogen-bond acceptors (Lipinski definition) is 4. The summed E-state index contributed by atoms with van der Waals surface area (Å²) in [5, 5.41) is 12.0. The predicted molar refractivity (Wildman–Crippen MR) is 77.4 cm³/mol. The summed E-state index contributed by atoms with van der Waals surface area (Å²) in [6.07, 6.45) is 2.65. The van der Waals surface area contributed by atoms with Crippen LogP contribution in [0.15, 0.2) is 24.3 Å². The quantitative estimate of drug-likeness (QED) is 0.738. The third-order valence-corrected chi connectivity index (χ3v) is 4.22. The van der Waals surface area contributed by atoms with Gasteiger partial charge in [-0.2, -0.15) is 5.26 Å². The van der Waals surface area contributed by atoms with E-state index in [1.807, 2.05) is 37.3 Å². The third kappa shape index (κ3) is 6.37. The summed E-state index contributed by atoms with van der Waals surface area (Å²) >= 11 is 0. The van der Waals surface area contributed by atoms with E-state index in [9.17, 15) is 4.21 Å². The minimum atomic E-state index is -0.748. The third-order valence-electron chi connectivity index (χ3n) is 2.85. The van der Waals surface area contributed by atoms with Crippen molar-refractivity contribution in [3.63, 3.8) is 0 Å². The molecular weight excluding hydrogens is 260 g/mol. The lowest BCUT2D eigenvalue weighted by Crippen LogP contribution is -2.20. The van der Waals surface area contributed by atoms with Crippen molar-refractivity contribution in [1.82, 2.24) is 5.32 Å².